The molecule has 9 nitrogen and oxygen atoms in total. The molecular weight excluding hydrogens is 458 g/mol. The van der Waals surface area contributed by atoms with Crippen LogP contribution >= 0.6 is 11.3 Å². The molecule has 4 rings (SSSR count). The summed E-state index contributed by atoms with van der Waals surface area (Å²) in [6.45, 7) is 4.78. The second kappa shape index (κ2) is 9.77. The van der Waals surface area contributed by atoms with Crippen molar-refractivity contribution in [1.29, 1.82) is 0 Å². The topological polar surface area (TPSA) is 134 Å². The van der Waals surface area contributed by atoms with Gasteiger partial charge in [-0.3, -0.25) is 14.9 Å². The Labute approximate surface area is 202 Å². The van der Waals surface area contributed by atoms with Gasteiger partial charge >= 0.3 is 0 Å². The summed E-state index contributed by atoms with van der Waals surface area (Å²) in [6.07, 6.45) is 2.93. The van der Waals surface area contributed by atoms with E-state index in [-0.39, 0.29) is 47.9 Å². The van der Waals surface area contributed by atoms with E-state index in [1.807, 2.05) is 6.92 Å². The van der Waals surface area contributed by atoms with Gasteiger partial charge in [-0.25, -0.2) is 4.98 Å². The SMILES string of the molecule is COCCNC(=O)C[C@@H]1c2nc(NC(=O)c3ccco3)sc2C[C@@H]2[C@](C)(CO)[C@H](O)CC[C@]21C. The first-order valence-corrected chi connectivity index (χ1v) is 12.4. The van der Waals surface area contributed by atoms with E-state index >= 15 is 0 Å². The lowest BCUT2D eigenvalue weighted by molar-refractivity contribution is -0.144. The molecule has 2 heterocycles. The molecule has 2 amide bonds. The number of anilines is 1. The van der Waals surface area contributed by atoms with Gasteiger partial charge in [-0.1, -0.05) is 13.8 Å². The Morgan fingerprint density at radius 1 is 1.38 bits per heavy atom. The fourth-order valence-electron chi connectivity index (χ4n) is 5.82. The number of thiazole rings is 1. The van der Waals surface area contributed by atoms with Crippen molar-refractivity contribution in [1.82, 2.24) is 10.3 Å². The highest BCUT2D eigenvalue weighted by molar-refractivity contribution is 7.15. The van der Waals surface area contributed by atoms with E-state index in [2.05, 4.69) is 17.6 Å². The maximum Gasteiger partial charge on any atom is 0.293 e. The third-order valence-electron chi connectivity index (χ3n) is 7.88. The van der Waals surface area contributed by atoms with Crippen LogP contribution in [0.1, 0.15) is 60.2 Å². The smallest absolute Gasteiger partial charge is 0.293 e. The van der Waals surface area contributed by atoms with Gasteiger partial charge in [-0.05, 0) is 42.7 Å². The first-order valence-electron chi connectivity index (χ1n) is 11.6. The minimum Gasteiger partial charge on any atom is -0.459 e. The number of fused-ring (bicyclic) bond motifs is 2. The van der Waals surface area contributed by atoms with E-state index < -0.39 is 11.5 Å². The van der Waals surface area contributed by atoms with Crippen LogP contribution in [0.2, 0.25) is 0 Å². The first kappa shape index (κ1) is 24.8. The van der Waals surface area contributed by atoms with Crippen molar-refractivity contribution in [3.05, 3.63) is 34.7 Å². The molecule has 0 unspecified atom stereocenters. The lowest BCUT2D eigenvalue weighted by atomic mass is 9.47. The number of methoxy groups -OCH3 is 1. The Bertz CT molecular complexity index is 1020. The summed E-state index contributed by atoms with van der Waals surface area (Å²) in [6, 6.07) is 3.23. The third kappa shape index (κ3) is 4.39. The van der Waals surface area contributed by atoms with Gasteiger partial charge in [0.2, 0.25) is 5.91 Å². The van der Waals surface area contributed by atoms with E-state index in [4.69, 9.17) is 14.1 Å². The van der Waals surface area contributed by atoms with Crippen molar-refractivity contribution in [3.63, 3.8) is 0 Å². The zero-order valence-electron chi connectivity index (χ0n) is 19.8. The number of aliphatic hydroxyl groups excluding tert-OH is 2. The van der Waals surface area contributed by atoms with Crippen molar-refractivity contribution in [3.8, 4) is 0 Å². The average Bonchev–Trinajstić information content (AvgIpc) is 3.48. The summed E-state index contributed by atoms with van der Waals surface area (Å²) < 4.78 is 10.2. The minimum absolute atomic E-state index is 0.0490. The summed E-state index contributed by atoms with van der Waals surface area (Å²) in [4.78, 5) is 31.1. The lowest BCUT2D eigenvalue weighted by Gasteiger charge is -2.58. The van der Waals surface area contributed by atoms with E-state index in [1.54, 1.807) is 19.2 Å². The number of aromatic nitrogens is 1. The van der Waals surface area contributed by atoms with Crippen molar-refractivity contribution in [2.45, 2.75) is 51.6 Å². The molecule has 5 atom stereocenters. The molecule has 2 aromatic heterocycles. The summed E-state index contributed by atoms with van der Waals surface area (Å²) in [7, 11) is 1.59. The number of nitrogens with zero attached hydrogens (tertiary/aromatic N) is 1. The van der Waals surface area contributed by atoms with Crippen molar-refractivity contribution in [2.24, 2.45) is 16.7 Å². The average molecular weight is 492 g/mol. The standard InChI is InChI=1S/C24H33N3O6S/c1-23-7-6-18(29)24(2,13-28)17(23)12-16-20(14(23)11-19(30)25-8-10-32-3)26-22(34-16)27-21(31)15-5-4-9-33-15/h4-5,9,14,17-18,28-29H,6-8,10-13H2,1-3H3,(H,25,30)(H,26,27,31)/t14-,17+,18-,23+,24+/m1/s1. The van der Waals surface area contributed by atoms with Gasteiger partial charge in [0.25, 0.3) is 5.91 Å². The second-order valence-corrected chi connectivity index (χ2v) is 10.9. The second-order valence-electron chi connectivity index (χ2n) is 9.84. The van der Waals surface area contributed by atoms with Crippen LogP contribution < -0.4 is 10.6 Å². The molecule has 10 heteroatoms. The molecule has 1 saturated carbocycles. The molecule has 186 valence electrons. The summed E-state index contributed by atoms with van der Waals surface area (Å²) in [5.74, 6) is -0.552. The van der Waals surface area contributed by atoms with Crippen LogP contribution in [0.3, 0.4) is 0 Å². The van der Waals surface area contributed by atoms with Gasteiger partial charge in [0.15, 0.2) is 10.9 Å². The summed E-state index contributed by atoms with van der Waals surface area (Å²) in [5, 5.41) is 27.3. The van der Waals surface area contributed by atoms with Crippen molar-refractivity contribution < 1.29 is 29.0 Å². The molecule has 4 N–H and O–H groups in total. The van der Waals surface area contributed by atoms with E-state index in [1.165, 1.54) is 17.6 Å². The van der Waals surface area contributed by atoms with Gasteiger partial charge in [0.05, 0.1) is 31.3 Å². The Hall–Kier alpha value is -2.27. The molecule has 0 aromatic carbocycles. The zero-order valence-corrected chi connectivity index (χ0v) is 20.6. The van der Waals surface area contributed by atoms with Gasteiger partial charge in [-0.2, -0.15) is 0 Å². The number of hydrogen-bond donors (Lipinski definition) is 4. The van der Waals surface area contributed by atoms with E-state index in [9.17, 15) is 19.8 Å². The first-order chi connectivity index (χ1) is 16.2. The normalized spacial score (nSPS) is 30.3. The molecular formula is C24H33N3O6S. The fraction of sp³-hybridized carbons (Fsp3) is 0.625. The Balaban J connectivity index is 1.68. The number of hydrogen-bond acceptors (Lipinski definition) is 8. The van der Waals surface area contributed by atoms with Gasteiger partial charge in [0.1, 0.15) is 0 Å². The molecule has 1 fully saturated rings. The Morgan fingerprint density at radius 2 is 2.18 bits per heavy atom. The molecule has 34 heavy (non-hydrogen) atoms. The third-order valence-corrected chi connectivity index (χ3v) is 8.89. The number of rotatable bonds is 8. The van der Waals surface area contributed by atoms with Gasteiger partial charge in [-0.15, -0.1) is 11.3 Å². The highest BCUT2D eigenvalue weighted by Gasteiger charge is 2.59. The quantitative estimate of drug-likeness (QED) is 0.417. The van der Waals surface area contributed by atoms with Crippen molar-refractivity contribution in [2.75, 3.05) is 32.2 Å². The van der Waals surface area contributed by atoms with Crippen LogP contribution in [-0.4, -0.2) is 60.0 Å². The molecule has 0 spiro atoms. The number of ether oxygens (including phenoxy) is 1. The predicted molar refractivity (Wildman–Crippen MR) is 127 cm³/mol. The van der Waals surface area contributed by atoms with E-state index in [0.29, 0.717) is 31.1 Å². The van der Waals surface area contributed by atoms with Crippen LogP contribution in [0, 0.1) is 16.7 Å². The van der Waals surface area contributed by atoms with Crippen LogP contribution in [0.25, 0.3) is 0 Å². The number of carbonyl (C=O) groups excluding carboxylic acids is 2. The number of amides is 2. The Morgan fingerprint density at radius 3 is 2.85 bits per heavy atom. The highest BCUT2D eigenvalue weighted by atomic mass is 32.1. The van der Waals surface area contributed by atoms with Gasteiger partial charge < -0.3 is 24.7 Å². The maximum atomic E-state index is 12.9. The summed E-state index contributed by atoms with van der Waals surface area (Å²) >= 11 is 1.38. The monoisotopic (exact) mass is 491 g/mol. The van der Waals surface area contributed by atoms with Crippen LogP contribution in [0.15, 0.2) is 22.8 Å². The molecule has 0 radical (unpaired) electrons. The molecule has 0 aliphatic heterocycles. The maximum absolute atomic E-state index is 12.9. The predicted octanol–water partition coefficient (Wildman–Crippen LogP) is 2.56. The molecule has 0 saturated heterocycles. The Kier molecular flexibility index (Phi) is 7.14. The highest BCUT2D eigenvalue weighted by Crippen LogP contribution is 2.62. The number of carbonyl (C=O) groups is 2. The van der Waals surface area contributed by atoms with Crippen LogP contribution in [0.4, 0.5) is 5.13 Å². The zero-order chi connectivity index (χ0) is 24.5. The number of aliphatic hydroxyl groups is 2. The summed E-state index contributed by atoms with van der Waals surface area (Å²) in [5.41, 5.74) is -0.229. The molecule has 2 aromatic rings. The van der Waals surface area contributed by atoms with Crippen LogP contribution in [0.5, 0.6) is 0 Å². The molecule has 0 bridgehead atoms. The number of nitrogens with one attached hydrogen (secondary N) is 2. The van der Waals surface area contributed by atoms with Gasteiger partial charge in [0, 0.05) is 36.3 Å². The minimum atomic E-state index is -0.697. The van der Waals surface area contributed by atoms with E-state index in [0.717, 1.165) is 17.0 Å². The molecule has 2 aliphatic carbocycles. The molecule has 2 aliphatic rings. The van der Waals surface area contributed by atoms with Crippen LogP contribution in [-0.2, 0) is 16.0 Å². The largest absolute Gasteiger partial charge is 0.459 e. The van der Waals surface area contributed by atoms with Crippen molar-refractivity contribution >= 4 is 28.3 Å². The fourth-order valence-corrected chi connectivity index (χ4v) is 6.88. The lowest BCUT2D eigenvalue weighted by Crippen LogP contribution is -2.57. The number of furan rings is 1.